The third-order valence-electron chi connectivity index (χ3n) is 6.27. The van der Waals surface area contributed by atoms with Gasteiger partial charge < -0.3 is 20.1 Å². The van der Waals surface area contributed by atoms with Crippen LogP contribution in [0.25, 0.3) is 0 Å². The highest BCUT2D eigenvalue weighted by Crippen LogP contribution is 2.30. The molecule has 2 N–H and O–H groups in total. The van der Waals surface area contributed by atoms with Gasteiger partial charge in [-0.15, -0.1) is 0 Å². The van der Waals surface area contributed by atoms with Crippen LogP contribution in [0.2, 0.25) is 0 Å². The van der Waals surface area contributed by atoms with E-state index in [0.717, 1.165) is 57.8 Å². The first kappa shape index (κ1) is 28.9. The SMILES string of the molecule is CNC(C)(C)CC(C)OC(=O)CCCCCCCCC(=O)OC1CC(C)(C)NC(C)(C)C1. The zero-order chi connectivity index (χ0) is 24.4. The van der Waals surface area contributed by atoms with E-state index in [-0.39, 0.29) is 40.8 Å². The van der Waals surface area contributed by atoms with Crippen molar-refractivity contribution in [2.24, 2.45) is 0 Å². The quantitative estimate of drug-likeness (QED) is 0.275. The van der Waals surface area contributed by atoms with Gasteiger partial charge >= 0.3 is 11.9 Å². The molecule has 0 bridgehead atoms. The molecule has 32 heavy (non-hydrogen) atoms. The van der Waals surface area contributed by atoms with Crippen LogP contribution >= 0.6 is 0 Å². The lowest BCUT2D eigenvalue weighted by Crippen LogP contribution is -2.59. The minimum Gasteiger partial charge on any atom is -0.463 e. The van der Waals surface area contributed by atoms with Crippen LogP contribution < -0.4 is 10.6 Å². The van der Waals surface area contributed by atoms with Crippen molar-refractivity contribution in [3.05, 3.63) is 0 Å². The largest absolute Gasteiger partial charge is 0.463 e. The summed E-state index contributed by atoms with van der Waals surface area (Å²) in [5.41, 5.74) is -0.0617. The Morgan fingerprint density at radius 3 is 1.91 bits per heavy atom. The molecular weight excluding hydrogens is 404 g/mol. The molecule has 0 radical (unpaired) electrons. The summed E-state index contributed by atoms with van der Waals surface area (Å²) in [5.74, 6) is -0.168. The third-order valence-corrected chi connectivity index (χ3v) is 6.27. The van der Waals surface area contributed by atoms with Crippen LogP contribution in [0, 0.1) is 0 Å². The number of hydrogen-bond acceptors (Lipinski definition) is 6. The minimum atomic E-state index is -0.101. The van der Waals surface area contributed by atoms with Crippen LogP contribution in [0.3, 0.4) is 0 Å². The van der Waals surface area contributed by atoms with E-state index < -0.39 is 0 Å². The van der Waals surface area contributed by atoms with E-state index >= 15 is 0 Å². The molecule has 188 valence electrons. The number of unbranched alkanes of at least 4 members (excludes halogenated alkanes) is 5. The summed E-state index contributed by atoms with van der Waals surface area (Å²) < 4.78 is 11.3. The fourth-order valence-corrected chi connectivity index (χ4v) is 4.95. The number of esters is 2. The second-order valence-corrected chi connectivity index (χ2v) is 11.7. The van der Waals surface area contributed by atoms with Crippen LogP contribution in [0.15, 0.2) is 0 Å². The Kier molecular flexibility index (Phi) is 11.7. The van der Waals surface area contributed by atoms with Gasteiger partial charge in [0.2, 0.25) is 0 Å². The van der Waals surface area contributed by atoms with E-state index in [1.165, 1.54) is 0 Å². The van der Waals surface area contributed by atoms with Gasteiger partial charge in [-0.3, -0.25) is 9.59 Å². The first-order chi connectivity index (χ1) is 14.7. The number of ether oxygens (including phenoxy) is 2. The fraction of sp³-hybridized carbons (Fsp3) is 0.923. The molecule has 1 atom stereocenters. The Bertz CT molecular complexity index is 570. The number of rotatable bonds is 14. The highest BCUT2D eigenvalue weighted by atomic mass is 16.5. The number of carbonyl (C=O) groups is 2. The van der Waals surface area contributed by atoms with Gasteiger partial charge in [-0.2, -0.15) is 0 Å². The smallest absolute Gasteiger partial charge is 0.306 e. The van der Waals surface area contributed by atoms with E-state index in [1.807, 2.05) is 14.0 Å². The average molecular weight is 455 g/mol. The molecule has 0 aromatic carbocycles. The molecule has 0 amide bonds. The molecule has 0 spiro atoms. The molecule has 1 saturated heterocycles. The summed E-state index contributed by atoms with van der Waals surface area (Å²) in [5, 5.41) is 6.85. The maximum absolute atomic E-state index is 12.2. The second-order valence-electron chi connectivity index (χ2n) is 11.7. The van der Waals surface area contributed by atoms with E-state index in [0.29, 0.717) is 12.8 Å². The van der Waals surface area contributed by atoms with Gasteiger partial charge in [0.25, 0.3) is 0 Å². The Morgan fingerprint density at radius 1 is 0.938 bits per heavy atom. The van der Waals surface area contributed by atoms with E-state index in [2.05, 4.69) is 52.2 Å². The van der Waals surface area contributed by atoms with E-state index in [1.54, 1.807) is 0 Å². The molecule has 1 aliphatic heterocycles. The molecule has 1 fully saturated rings. The summed E-state index contributed by atoms with van der Waals surface area (Å²) in [6.07, 6.45) is 9.38. The molecule has 6 nitrogen and oxygen atoms in total. The molecular formula is C26H50N2O4. The summed E-state index contributed by atoms with van der Waals surface area (Å²) in [4.78, 5) is 24.2. The van der Waals surface area contributed by atoms with Gasteiger partial charge in [0, 0.05) is 48.7 Å². The maximum Gasteiger partial charge on any atom is 0.306 e. The number of piperidine rings is 1. The molecule has 1 unspecified atom stereocenters. The number of hydrogen-bond donors (Lipinski definition) is 2. The summed E-state index contributed by atoms with van der Waals surface area (Å²) in [6.45, 7) is 14.8. The van der Waals surface area contributed by atoms with E-state index in [4.69, 9.17) is 9.47 Å². The summed E-state index contributed by atoms with van der Waals surface area (Å²) >= 11 is 0. The molecule has 6 heteroatoms. The van der Waals surface area contributed by atoms with Crippen molar-refractivity contribution in [2.75, 3.05) is 7.05 Å². The Balaban J connectivity index is 2.07. The topological polar surface area (TPSA) is 76.7 Å². The molecule has 0 aliphatic carbocycles. The lowest BCUT2D eigenvalue weighted by atomic mass is 9.81. The van der Waals surface area contributed by atoms with E-state index in [9.17, 15) is 9.59 Å². The van der Waals surface area contributed by atoms with Crippen molar-refractivity contribution in [1.82, 2.24) is 10.6 Å². The predicted octanol–water partition coefficient (Wildman–Crippen LogP) is 5.28. The van der Waals surface area contributed by atoms with Crippen molar-refractivity contribution >= 4 is 11.9 Å². The van der Waals surface area contributed by atoms with Gasteiger partial charge in [0.15, 0.2) is 0 Å². The molecule has 1 rings (SSSR count). The fourth-order valence-electron chi connectivity index (χ4n) is 4.95. The van der Waals surface area contributed by atoms with Crippen molar-refractivity contribution < 1.29 is 19.1 Å². The molecule has 0 aromatic rings. The van der Waals surface area contributed by atoms with Crippen molar-refractivity contribution in [1.29, 1.82) is 0 Å². The average Bonchev–Trinajstić information content (AvgIpc) is 2.60. The Hall–Kier alpha value is -1.14. The van der Waals surface area contributed by atoms with Crippen LogP contribution in [0.4, 0.5) is 0 Å². The molecule has 0 saturated carbocycles. The van der Waals surface area contributed by atoms with Gasteiger partial charge in [-0.1, -0.05) is 25.7 Å². The van der Waals surface area contributed by atoms with Crippen LogP contribution in [-0.2, 0) is 19.1 Å². The lowest BCUT2D eigenvalue weighted by molar-refractivity contribution is -0.153. The van der Waals surface area contributed by atoms with Crippen LogP contribution in [0.5, 0.6) is 0 Å². The molecule has 0 aromatic heterocycles. The van der Waals surface area contributed by atoms with Gasteiger partial charge in [-0.05, 0) is 68.4 Å². The van der Waals surface area contributed by atoms with Crippen molar-refractivity contribution in [3.8, 4) is 0 Å². The van der Waals surface area contributed by atoms with Gasteiger partial charge in [0.1, 0.15) is 12.2 Å². The van der Waals surface area contributed by atoms with Crippen LogP contribution in [0.1, 0.15) is 119 Å². The van der Waals surface area contributed by atoms with Gasteiger partial charge in [-0.25, -0.2) is 0 Å². The monoisotopic (exact) mass is 454 g/mol. The van der Waals surface area contributed by atoms with Crippen molar-refractivity contribution in [3.63, 3.8) is 0 Å². The van der Waals surface area contributed by atoms with Gasteiger partial charge in [0.05, 0.1) is 0 Å². The maximum atomic E-state index is 12.2. The third kappa shape index (κ3) is 12.8. The highest BCUT2D eigenvalue weighted by molar-refractivity contribution is 5.69. The highest BCUT2D eigenvalue weighted by Gasteiger charge is 2.39. The molecule has 1 heterocycles. The zero-order valence-corrected chi connectivity index (χ0v) is 22.1. The molecule has 1 aliphatic rings. The first-order valence-corrected chi connectivity index (χ1v) is 12.6. The predicted molar refractivity (Wildman–Crippen MR) is 131 cm³/mol. The number of carbonyl (C=O) groups excluding carboxylic acids is 2. The van der Waals surface area contributed by atoms with Crippen LogP contribution in [-0.4, -0.2) is 47.8 Å². The zero-order valence-electron chi connectivity index (χ0n) is 22.1. The Morgan fingerprint density at radius 2 is 1.41 bits per heavy atom. The van der Waals surface area contributed by atoms with Crippen molar-refractivity contribution in [2.45, 2.75) is 148 Å². The summed E-state index contributed by atoms with van der Waals surface area (Å²) in [7, 11) is 1.92. The minimum absolute atomic E-state index is 0.000492. The Labute approximate surface area is 197 Å². The lowest BCUT2D eigenvalue weighted by Gasteiger charge is -2.45. The number of nitrogens with one attached hydrogen (secondary N) is 2. The summed E-state index contributed by atoms with van der Waals surface area (Å²) in [6, 6.07) is 0. The standard InChI is InChI=1S/C26H50N2O4/c1-20(17-24(2,3)27-8)31-22(29)15-13-11-9-10-12-14-16-23(30)32-21-18-25(4,5)28-26(6,7)19-21/h20-21,27-28H,9-19H2,1-8H3. The first-order valence-electron chi connectivity index (χ1n) is 12.6. The normalized spacial score (nSPS) is 19.4. The second kappa shape index (κ2) is 12.9.